The fourth-order valence-corrected chi connectivity index (χ4v) is 1.75. The third-order valence-corrected chi connectivity index (χ3v) is 2.76. The summed E-state index contributed by atoms with van der Waals surface area (Å²) in [6.45, 7) is 4.43. The number of rotatable bonds is 8. The van der Waals surface area contributed by atoms with Crippen LogP contribution in [-0.2, 0) is 6.54 Å². The average Bonchev–Trinajstić information content (AvgIpc) is 2.97. The van der Waals surface area contributed by atoms with Gasteiger partial charge in [-0.05, 0) is 19.4 Å². The molecule has 0 atom stereocenters. The van der Waals surface area contributed by atoms with Crippen molar-refractivity contribution in [1.82, 2.24) is 24.7 Å². The average molecular weight is 290 g/mol. The molecule has 0 fully saturated rings. The van der Waals surface area contributed by atoms with Gasteiger partial charge in [-0.1, -0.05) is 0 Å². The topological polar surface area (TPSA) is 83.8 Å². The number of nitrogens with one attached hydrogen (secondary N) is 2. The maximum Gasteiger partial charge on any atom is 0.231 e. The van der Waals surface area contributed by atoms with E-state index in [0.29, 0.717) is 17.8 Å². The number of aromatic nitrogens is 5. The van der Waals surface area contributed by atoms with Gasteiger partial charge in [0.15, 0.2) is 0 Å². The zero-order valence-electron chi connectivity index (χ0n) is 12.7. The van der Waals surface area contributed by atoms with Crippen LogP contribution < -0.4 is 15.5 Å². The van der Waals surface area contributed by atoms with Crippen molar-refractivity contribution in [3.63, 3.8) is 0 Å². The number of hydrogen-bond acceptors (Lipinski definition) is 7. The molecule has 0 spiro atoms. The zero-order chi connectivity index (χ0) is 15.1. The Morgan fingerprint density at radius 1 is 1.14 bits per heavy atom. The molecule has 0 aliphatic rings. The summed E-state index contributed by atoms with van der Waals surface area (Å²) in [4.78, 5) is 14.9. The van der Waals surface area contributed by atoms with Crippen LogP contribution in [0.2, 0.25) is 0 Å². The van der Waals surface area contributed by atoms with Gasteiger partial charge in [0, 0.05) is 46.1 Å². The smallest absolute Gasteiger partial charge is 0.231 e. The van der Waals surface area contributed by atoms with Crippen LogP contribution in [0, 0.1) is 0 Å². The quantitative estimate of drug-likeness (QED) is 0.703. The van der Waals surface area contributed by atoms with E-state index in [1.807, 2.05) is 42.9 Å². The molecule has 0 unspecified atom stereocenters. The summed E-state index contributed by atoms with van der Waals surface area (Å²) in [7, 11) is 3.82. The summed E-state index contributed by atoms with van der Waals surface area (Å²) in [5, 5.41) is 10.5. The molecule has 0 aromatic carbocycles. The van der Waals surface area contributed by atoms with Gasteiger partial charge in [-0.25, -0.2) is 0 Å². The maximum absolute atomic E-state index is 4.38. The van der Waals surface area contributed by atoms with Gasteiger partial charge >= 0.3 is 0 Å². The first-order valence-electron chi connectivity index (χ1n) is 7.07. The molecule has 8 nitrogen and oxygen atoms in total. The van der Waals surface area contributed by atoms with Crippen molar-refractivity contribution in [3.8, 4) is 0 Å². The van der Waals surface area contributed by atoms with E-state index in [1.165, 1.54) is 0 Å². The molecule has 0 radical (unpaired) electrons. The Hall–Kier alpha value is -2.38. The van der Waals surface area contributed by atoms with Crippen LogP contribution in [0.25, 0.3) is 0 Å². The van der Waals surface area contributed by atoms with Crippen LogP contribution >= 0.6 is 0 Å². The SMILES string of the molecule is CCNc1nc(NCCCn2cccn2)nc(N(C)C)n1. The Labute approximate surface area is 124 Å². The Morgan fingerprint density at radius 3 is 2.52 bits per heavy atom. The zero-order valence-corrected chi connectivity index (χ0v) is 12.7. The first kappa shape index (κ1) is 15.0. The number of hydrogen-bond donors (Lipinski definition) is 2. The standard InChI is InChI=1S/C13H22N8/c1-4-14-11-17-12(19-13(18-11)20(2)3)15-7-5-9-21-10-6-8-16-21/h6,8,10H,4-5,7,9H2,1-3H3,(H2,14,15,17,18,19). The van der Waals surface area contributed by atoms with E-state index < -0.39 is 0 Å². The van der Waals surface area contributed by atoms with Gasteiger partial charge in [0.1, 0.15) is 0 Å². The number of anilines is 3. The molecule has 0 aliphatic heterocycles. The highest BCUT2D eigenvalue weighted by molar-refractivity contribution is 5.42. The molecule has 0 saturated heterocycles. The van der Waals surface area contributed by atoms with Crippen molar-refractivity contribution in [2.24, 2.45) is 0 Å². The Morgan fingerprint density at radius 2 is 1.90 bits per heavy atom. The van der Waals surface area contributed by atoms with Gasteiger partial charge in [-0.3, -0.25) is 4.68 Å². The summed E-state index contributed by atoms with van der Waals surface area (Å²) >= 11 is 0. The maximum atomic E-state index is 4.38. The molecular weight excluding hydrogens is 268 g/mol. The lowest BCUT2D eigenvalue weighted by Crippen LogP contribution is -2.17. The van der Waals surface area contributed by atoms with Gasteiger partial charge in [0.05, 0.1) is 0 Å². The largest absolute Gasteiger partial charge is 0.354 e. The van der Waals surface area contributed by atoms with Gasteiger partial charge in [-0.15, -0.1) is 0 Å². The lowest BCUT2D eigenvalue weighted by Gasteiger charge is -2.13. The van der Waals surface area contributed by atoms with Crippen molar-refractivity contribution in [2.45, 2.75) is 19.9 Å². The van der Waals surface area contributed by atoms with Gasteiger partial charge in [-0.2, -0.15) is 20.1 Å². The van der Waals surface area contributed by atoms with E-state index >= 15 is 0 Å². The van der Waals surface area contributed by atoms with Crippen molar-refractivity contribution >= 4 is 17.8 Å². The van der Waals surface area contributed by atoms with Crippen molar-refractivity contribution in [3.05, 3.63) is 18.5 Å². The molecule has 0 amide bonds. The fourth-order valence-electron chi connectivity index (χ4n) is 1.75. The van der Waals surface area contributed by atoms with Crippen molar-refractivity contribution < 1.29 is 0 Å². The van der Waals surface area contributed by atoms with Gasteiger partial charge in [0.25, 0.3) is 0 Å². The van der Waals surface area contributed by atoms with E-state index in [9.17, 15) is 0 Å². The van der Waals surface area contributed by atoms with Crippen molar-refractivity contribution in [2.75, 3.05) is 42.7 Å². The molecule has 2 heterocycles. The monoisotopic (exact) mass is 290 g/mol. The summed E-state index contributed by atoms with van der Waals surface area (Å²) in [5.41, 5.74) is 0. The number of aryl methyl sites for hydroxylation is 1. The molecule has 114 valence electrons. The minimum absolute atomic E-state index is 0.588. The van der Waals surface area contributed by atoms with Crippen molar-refractivity contribution in [1.29, 1.82) is 0 Å². The molecule has 21 heavy (non-hydrogen) atoms. The Balaban J connectivity index is 1.91. The summed E-state index contributed by atoms with van der Waals surface area (Å²) < 4.78 is 1.91. The van der Waals surface area contributed by atoms with Crippen LogP contribution in [0.5, 0.6) is 0 Å². The second-order valence-electron chi connectivity index (χ2n) is 4.76. The molecular formula is C13H22N8. The minimum Gasteiger partial charge on any atom is -0.354 e. The normalized spacial score (nSPS) is 10.4. The lowest BCUT2D eigenvalue weighted by atomic mass is 10.4. The van der Waals surface area contributed by atoms with E-state index in [0.717, 1.165) is 26.1 Å². The molecule has 0 saturated carbocycles. The second-order valence-corrected chi connectivity index (χ2v) is 4.76. The molecule has 8 heteroatoms. The van der Waals surface area contributed by atoms with E-state index in [4.69, 9.17) is 0 Å². The van der Waals surface area contributed by atoms with Crippen LogP contribution in [0.4, 0.5) is 17.8 Å². The minimum atomic E-state index is 0.588. The van der Waals surface area contributed by atoms with E-state index in [1.54, 1.807) is 6.20 Å². The third kappa shape index (κ3) is 4.59. The van der Waals surface area contributed by atoms with Crippen LogP contribution in [0.1, 0.15) is 13.3 Å². The van der Waals surface area contributed by atoms with Crippen LogP contribution in [-0.4, -0.2) is 51.9 Å². The van der Waals surface area contributed by atoms with Crippen LogP contribution in [0.15, 0.2) is 18.5 Å². The molecule has 0 bridgehead atoms. The molecule has 2 rings (SSSR count). The summed E-state index contributed by atoms with van der Waals surface area (Å²) in [5.74, 6) is 1.81. The van der Waals surface area contributed by atoms with Gasteiger partial charge in [0.2, 0.25) is 17.8 Å². The third-order valence-electron chi connectivity index (χ3n) is 2.76. The summed E-state index contributed by atoms with van der Waals surface area (Å²) in [6.07, 6.45) is 4.68. The Kier molecular flexibility index (Phi) is 5.30. The van der Waals surface area contributed by atoms with E-state index in [-0.39, 0.29) is 0 Å². The highest BCUT2D eigenvalue weighted by Gasteiger charge is 2.07. The molecule has 2 N–H and O–H groups in total. The first-order chi connectivity index (χ1) is 10.2. The van der Waals surface area contributed by atoms with Gasteiger partial charge < -0.3 is 15.5 Å². The highest BCUT2D eigenvalue weighted by atomic mass is 15.3. The second kappa shape index (κ2) is 7.41. The predicted molar refractivity (Wildman–Crippen MR) is 83.7 cm³/mol. The fraction of sp³-hybridized carbons (Fsp3) is 0.538. The highest BCUT2D eigenvalue weighted by Crippen LogP contribution is 2.11. The lowest BCUT2D eigenvalue weighted by molar-refractivity contribution is 0.591. The molecule has 0 aliphatic carbocycles. The number of nitrogens with zero attached hydrogens (tertiary/aromatic N) is 6. The molecule has 2 aromatic rings. The summed E-state index contributed by atoms with van der Waals surface area (Å²) in [6, 6.07) is 1.92. The molecule has 2 aromatic heterocycles. The van der Waals surface area contributed by atoms with E-state index in [2.05, 4.69) is 30.7 Å². The first-order valence-corrected chi connectivity index (χ1v) is 7.07. The predicted octanol–water partition coefficient (Wildman–Crippen LogP) is 1.07. The Bertz CT molecular complexity index is 537. The van der Waals surface area contributed by atoms with Crippen LogP contribution in [0.3, 0.4) is 0 Å².